The predicted molar refractivity (Wildman–Crippen MR) is 83.1 cm³/mol. The normalized spacial score (nSPS) is 14.8. The third kappa shape index (κ3) is 3.98. The molecular weight excluding hydrogens is 272 g/mol. The van der Waals surface area contributed by atoms with Gasteiger partial charge in [-0.1, -0.05) is 37.7 Å². The highest BCUT2D eigenvalue weighted by atomic mass is 32.2. The summed E-state index contributed by atoms with van der Waals surface area (Å²) >= 11 is 1.59. The second-order valence-electron chi connectivity index (χ2n) is 5.56. The largest absolute Gasteiger partial charge is 0.431 e. The van der Waals surface area contributed by atoms with Crippen LogP contribution in [0.5, 0.6) is 0 Å². The molecular formula is C15H22N2O2S. The van der Waals surface area contributed by atoms with E-state index in [2.05, 4.69) is 24.1 Å². The van der Waals surface area contributed by atoms with Crippen molar-refractivity contribution in [3.63, 3.8) is 0 Å². The van der Waals surface area contributed by atoms with E-state index in [9.17, 15) is 5.11 Å². The van der Waals surface area contributed by atoms with Gasteiger partial charge in [-0.15, -0.1) is 0 Å². The molecule has 0 bridgehead atoms. The molecule has 1 aromatic heterocycles. The molecule has 0 aliphatic carbocycles. The number of hydrogen-bond acceptors (Lipinski definition) is 5. The van der Waals surface area contributed by atoms with Crippen LogP contribution < -0.4 is 5.32 Å². The first-order valence-electron chi connectivity index (χ1n) is 6.89. The lowest BCUT2D eigenvalue weighted by molar-refractivity contribution is 0.162. The number of hydrogen-bond donors (Lipinski definition) is 2. The fraction of sp³-hybridized carbons (Fsp3) is 0.533. The van der Waals surface area contributed by atoms with Gasteiger partial charge in [0.2, 0.25) is 0 Å². The molecule has 2 N–H and O–H groups in total. The van der Waals surface area contributed by atoms with Crippen molar-refractivity contribution in [1.82, 2.24) is 10.3 Å². The van der Waals surface area contributed by atoms with Gasteiger partial charge in [0.05, 0.1) is 6.61 Å². The Bertz CT molecular complexity index is 523. The van der Waals surface area contributed by atoms with Crippen LogP contribution in [-0.4, -0.2) is 34.0 Å². The molecule has 0 saturated heterocycles. The maximum atomic E-state index is 9.53. The molecule has 1 unspecified atom stereocenters. The van der Waals surface area contributed by atoms with Crippen LogP contribution >= 0.6 is 11.8 Å². The summed E-state index contributed by atoms with van der Waals surface area (Å²) in [4.78, 5) is 4.43. The quantitative estimate of drug-likeness (QED) is 0.769. The van der Waals surface area contributed by atoms with Gasteiger partial charge in [0, 0.05) is 17.3 Å². The number of rotatable bonds is 7. The number of thioether (sulfide) groups is 1. The zero-order chi connectivity index (χ0) is 14.6. The molecule has 110 valence electrons. The number of oxazole rings is 1. The van der Waals surface area contributed by atoms with Crippen molar-refractivity contribution >= 4 is 22.9 Å². The maximum absolute atomic E-state index is 9.53. The molecule has 0 saturated carbocycles. The van der Waals surface area contributed by atoms with Crippen LogP contribution in [0.3, 0.4) is 0 Å². The average molecular weight is 294 g/mol. The van der Waals surface area contributed by atoms with E-state index in [-0.39, 0.29) is 12.1 Å². The van der Waals surface area contributed by atoms with Gasteiger partial charge in [0.15, 0.2) is 5.58 Å². The molecule has 1 atom stereocenters. The summed E-state index contributed by atoms with van der Waals surface area (Å²) in [6, 6.07) is 8.11. The monoisotopic (exact) mass is 294 g/mol. The molecule has 1 aromatic carbocycles. The standard InChI is InChI=1S/C15H22N2O2S/c1-11(2)17-15(3,10-18)8-9-20-14-16-12-6-4-5-7-13(12)19-14/h4-7,11,17-18H,8-10H2,1-3H3. The highest BCUT2D eigenvalue weighted by molar-refractivity contribution is 7.99. The Morgan fingerprint density at radius 1 is 1.40 bits per heavy atom. The SMILES string of the molecule is CC(C)NC(C)(CO)CCSc1nc2ccccc2o1. The van der Waals surface area contributed by atoms with Gasteiger partial charge in [-0.25, -0.2) is 4.98 Å². The minimum atomic E-state index is -0.257. The first-order chi connectivity index (χ1) is 9.52. The van der Waals surface area contributed by atoms with Gasteiger partial charge in [-0.05, 0) is 25.5 Å². The lowest BCUT2D eigenvalue weighted by atomic mass is 9.99. The van der Waals surface area contributed by atoms with Gasteiger partial charge >= 0.3 is 0 Å². The molecule has 0 spiro atoms. The summed E-state index contributed by atoms with van der Waals surface area (Å²) in [6.07, 6.45) is 0.852. The average Bonchev–Trinajstić information content (AvgIpc) is 2.80. The molecule has 0 fully saturated rings. The lowest BCUT2D eigenvalue weighted by Crippen LogP contribution is -2.49. The van der Waals surface area contributed by atoms with E-state index >= 15 is 0 Å². The second kappa shape index (κ2) is 6.61. The number of fused-ring (bicyclic) bond motifs is 1. The zero-order valence-electron chi connectivity index (χ0n) is 12.2. The zero-order valence-corrected chi connectivity index (χ0v) is 13.0. The number of para-hydroxylation sites is 2. The predicted octanol–water partition coefficient (Wildman–Crippen LogP) is 3.06. The molecule has 5 heteroatoms. The summed E-state index contributed by atoms with van der Waals surface area (Å²) < 4.78 is 5.67. The van der Waals surface area contributed by atoms with E-state index in [0.717, 1.165) is 23.3 Å². The minimum Gasteiger partial charge on any atom is -0.431 e. The highest BCUT2D eigenvalue weighted by Gasteiger charge is 2.23. The van der Waals surface area contributed by atoms with Crippen LogP contribution in [0, 0.1) is 0 Å². The van der Waals surface area contributed by atoms with E-state index in [1.807, 2.05) is 31.2 Å². The van der Waals surface area contributed by atoms with Crippen molar-refractivity contribution in [1.29, 1.82) is 0 Å². The van der Waals surface area contributed by atoms with Gasteiger partial charge in [-0.3, -0.25) is 0 Å². The first kappa shape index (κ1) is 15.4. The Labute approximate surface area is 124 Å². The van der Waals surface area contributed by atoms with Crippen molar-refractivity contribution in [2.75, 3.05) is 12.4 Å². The van der Waals surface area contributed by atoms with Gasteiger partial charge in [0.25, 0.3) is 5.22 Å². The summed E-state index contributed by atoms with van der Waals surface area (Å²) in [5.41, 5.74) is 1.45. The Morgan fingerprint density at radius 3 is 2.80 bits per heavy atom. The third-order valence-electron chi connectivity index (χ3n) is 3.14. The summed E-state index contributed by atoms with van der Waals surface area (Å²) in [5, 5.41) is 13.6. The van der Waals surface area contributed by atoms with Gasteiger partial charge in [0.1, 0.15) is 5.52 Å². The molecule has 2 aromatic rings. The van der Waals surface area contributed by atoms with E-state index < -0.39 is 0 Å². The van der Waals surface area contributed by atoms with Crippen molar-refractivity contribution < 1.29 is 9.52 Å². The van der Waals surface area contributed by atoms with Crippen LogP contribution in [0.15, 0.2) is 33.9 Å². The molecule has 0 amide bonds. The number of nitrogens with one attached hydrogen (secondary N) is 1. The molecule has 1 heterocycles. The molecule has 0 radical (unpaired) electrons. The second-order valence-corrected chi connectivity index (χ2v) is 6.61. The van der Waals surface area contributed by atoms with Crippen LogP contribution in [0.25, 0.3) is 11.1 Å². The smallest absolute Gasteiger partial charge is 0.256 e. The first-order valence-corrected chi connectivity index (χ1v) is 7.88. The van der Waals surface area contributed by atoms with Crippen molar-refractivity contribution in [3.8, 4) is 0 Å². The number of aromatic nitrogens is 1. The van der Waals surface area contributed by atoms with E-state index in [1.165, 1.54) is 0 Å². The van der Waals surface area contributed by atoms with Gasteiger partial charge in [-0.2, -0.15) is 0 Å². The minimum absolute atomic E-state index is 0.124. The highest BCUT2D eigenvalue weighted by Crippen LogP contribution is 2.25. The number of nitrogens with zero attached hydrogens (tertiary/aromatic N) is 1. The molecule has 0 aliphatic rings. The maximum Gasteiger partial charge on any atom is 0.256 e. The Hall–Kier alpha value is -1.04. The van der Waals surface area contributed by atoms with Crippen LogP contribution in [-0.2, 0) is 0 Å². The van der Waals surface area contributed by atoms with Crippen molar-refractivity contribution in [2.45, 2.75) is 44.0 Å². The fourth-order valence-corrected chi connectivity index (χ4v) is 3.21. The Morgan fingerprint density at radius 2 is 2.15 bits per heavy atom. The van der Waals surface area contributed by atoms with Crippen LogP contribution in [0.1, 0.15) is 27.2 Å². The molecule has 4 nitrogen and oxygen atoms in total. The van der Waals surface area contributed by atoms with Gasteiger partial charge < -0.3 is 14.8 Å². The van der Waals surface area contributed by atoms with E-state index in [0.29, 0.717) is 11.3 Å². The van der Waals surface area contributed by atoms with Crippen molar-refractivity contribution in [3.05, 3.63) is 24.3 Å². The summed E-state index contributed by atoms with van der Waals surface area (Å²) in [5.74, 6) is 0.851. The number of aliphatic hydroxyl groups excluding tert-OH is 1. The molecule has 0 aliphatic heterocycles. The Kier molecular flexibility index (Phi) is 5.07. The van der Waals surface area contributed by atoms with Crippen molar-refractivity contribution in [2.24, 2.45) is 0 Å². The fourth-order valence-electron chi connectivity index (χ4n) is 2.17. The number of benzene rings is 1. The van der Waals surface area contributed by atoms with E-state index in [4.69, 9.17) is 4.42 Å². The molecule has 20 heavy (non-hydrogen) atoms. The molecule has 2 rings (SSSR count). The lowest BCUT2D eigenvalue weighted by Gasteiger charge is -2.30. The Balaban J connectivity index is 1.91. The van der Waals surface area contributed by atoms with Crippen LogP contribution in [0.2, 0.25) is 0 Å². The summed E-state index contributed by atoms with van der Waals surface area (Å²) in [7, 11) is 0. The number of aliphatic hydroxyl groups is 1. The van der Waals surface area contributed by atoms with E-state index in [1.54, 1.807) is 11.8 Å². The summed E-state index contributed by atoms with van der Waals surface area (Å²) in [6.45, 7) is 6.34. The topological polar surface area (TPSA) is 58.3 Å². The van der Waals surface area contributed by atoms with Crippen LogP contribution in [0.4, 0.5) is 0 Å². The third-order valence-corrected chi connectivity index (χ3v) is 3.97.